The van der Waals surface area contributed by atoms with Gasteiger partial charge in [-0.1, -0.05) is 17.9 Å². The molecule has 1 amide bonds. The van der Waals surface area contributed by atoms with E-state index in [9.17, 15) is 9.18 Å². The maximum absolute atomic E-state index is 11.9. The third kappa shape index (κ3) is 6.43. The van der Waals surface area contributed by atoms with E-state index in [1.54, 1.807) is 19.2 Å². The van der Waals surface area contributed by atoms with Gasteiger partial charge in [0.25, 0.3) is 5.91 Å². The molecule has 102 valence electrons. The molecular weight excluding hydrogens is 249 g/mol. The number of carbonyl (C=O) groups is 1. The summed E-state index contributed by atoms with van der Waals surface area (Å²) < 4.78 is 22.1. The van der Waals surface area contributed by atoms with Crippen LogP contribution in [0.4, 0.5) is 4.39 Å². The fourth-order valence-corrected chi connectivity index (χ4v) is 1.28. The molecule has 0 aliphatic rings. The van der Waals surface area contributed by atoms with Crippen molar-refractivity contribution in [2.45, 2.75) is 0 Å². The number of halogens is 1. The van der Waals surface area contributed by atoms with Gasteiger partial charge in [-0.15, -0.1) is 0 Å². The monoisotopic (exact) mass is 265 g/mol. The van der Waals surface area contributed by atoms with Crippen LogP contribution in [0.5, 0.6) is 5.75 Å². The summed E-state index contributed by atoms with van der Waals surface area (Å²) in [5, 5.41) is 2.38. The van der Waals surface area contributed by atoms with Gasteiger partial charge in [-0.25, -0.2) is 4.39 Å². The molecule has 19 heavy (non-hydrogen) atoms. The Morgan fingerprint density at radius 3 is 3.05 bits per heavy atom. The SMILES string of the molecule is COCC#Cc1cccc(OCCNC(=O)CF)c1. The molecule has 0 fully saturated rings. The molecule has 1 rings (SSSR count). The van der Waals surface area contributed by atoms with Crippen molar-refractivity contribution in [3.05, 3.63) is 29.8 Å². The molecule has 0 aliphatic carbocycles. The van der Waals surface area contributed by atoms with Crippen LogP contribution in [0.3, 0.4) is 0 Å². The summed E-state index contributed by atoms with van der Waals surface area (Å²) in [5.41, 5.74) is 0.822. The van der Waals surface area contributed by atoms with Gasteiger partial charge in [0.2, 0.25) is 0 Å². The normalized spacial score (nSPS) is 9.37. The van der Waals surface area contributed by atoms with Gasteiger partial charge >= 0.3 is 0 Å². The molecule has 0 heterocycles. The van der Waals surface area contributed by atoms with E-state index in [4.69, 9.17) is 9.47 Å². The van der Waals surface area contributed by atoms with Gasteiger partial charge in [-0.3, -0.25) is 4.79 Å². The molecule has 0 aliphatic heterocycles. The molecule has 0 radical (unpaired) electrons. The Labute approximate surface area is 111 Å². The highest BCUT2D eigenvalue weighted by Crippen LogP contribution is 2.12. The van der Waals surface area contributed by atoms with Crippen LogP contribution < -0.4 is 10.1 Å². The maximum atomic E-state index is 11.9. The van der Waals surface area contributed by atoms with Crippen LogP contribution in [0.1, 0.15) is 5.56 Å². The van der Waals surface area contributed by atoms with Crippen LogP contribution in [0.15, 0.2) is 24.3 Å². The smallest absolute Gasteiger partial charge is 0.251 e. The van der Waals surface area contributed by atoms with E-state index in [-0.39, 0.29) is 13.2 Å². The molecule has 0 saturated carbocycles. The lowest BCUT2D eigenvalue weighted by atomic mass is 10.2. The second-order valence-corrected chi connectivity index (χ2v) is 3.59. The number of benzene rings is 1. The van der Waals surface area contributed by atoms with E-state index in [0.717, 1.165) is 5.56 Å². The summed E-state index contributed by atoms with van der Waals surface area (Å²) in [7, 11) is 1.58. The lowest BCUT2D eigenvalue weighted by Crippen LogP contribution is -2.29. The molecule has 0 atom stereocenters. The van der Waals surface area contributed by atoms with Crippen molar-refractivity contribution in [2.75, 3.05) is 33.5 Å². The van der Waals surface area contributed by atoms with Crippen LogP contribution in [-0.4, -0.2) is 39.5 Å². The number of amides is 1. The van der Waals surface area contributed by atoms with Crippen molar-refractivity contribution in [1.82, 2.24) is 5.32 Å². The van der Waals surface area contributed by atoms with E-state index in [0.29, 0.717) is 12.4 Å². The Hall–Kier alpha value is -2.06. The van der Waals surface area contributed by atoms with Crippen molar-refractivity contribution >= 4 is 5.91 Å². The highest BCUT2D eigenvalue weighted by atomic mass is 19.1. The number of rotatable bonds is 6. The Morgan fingerprint density at radius 1 is 1.47 bits per heavy atom. The molecular formula is C14H16FNO3. The minimum atomic E-state index is -1.01. The zero-order valence-electron chi connectivity index (χ0n) is 10.7. The van der Waals surface area contributed by atoms with E-state index in [1.165, 1.54) is 0 Å². The molecule has 1 N–H and O–H groups in total. The summed E-state index contributed by atoms with van der Waals surface area (Å²) in [6.07, 6.45) is 0. The fraction of sp³-hybridized carbons (Fsp3) is 0.357. The molecule has 5 heteroatoms. The number of hydrogen-bond acceptors (Lipinski definition) is 3. The van der Waals surface area contributed by atoms with Gasteiger partial charge in [0.1, 0.15) is 19.0 Å². The first-order valence-corrected chi connectivity index (χ1v) is 5.79. The first kappa shape index (κ1) is 15.0. The lowest BCUT2D eigenvalue weighted by molar-refractivity contribution is -0.122. The van der Waals surface area contributed by atoms with Crippen molar-refractivity contribution in [3.8, 4) is 17.6 Å². The molecule has 0 aromatic heterocycles. The largest absolute Gasteiger partial charge is 0.492 e. The molecule has 1 aromatic carbocycles. The Balaban J connectivity index is 2.40. The van der Waals surface area contributed by atoms with Crippen molar-refractivity contribution in [1.29, 1.82) is 0 Å². The Bertz CT molecular complexity index is 465. The zero-order chi connectivity index (χ0) is 13.9. The van der Waals surface area contributed by atoms with Crippen molar-refractivity contribution < 1.29 is 18.7 Å². The predicted molar refractivity (Wildman–Crippen MR) is 69.7 cm³/mol. The van der Waals surface area contributed by atoms with Gasteiger partial charge < -0.3 is 14.8 Å². The van der Waals surface area contributed by atoms with E-state index in [1.807, 2.05) is 12.1 Å². The molecule has 4 nitrogen and oxygen atoms in total. The number of ether oxygens (including phenoxy) is 2. The van der Waals surface area contributed by atoms with Crippen LogP contribution in [-0.2, 0) is 9.53 Å². The topological polar surface area (TPSA) is 47.6 Å². The number of carbonyl (C=O) groups excluding carboxylic acids is 1. The molecule has 0 spiro atoms. The van der Waals surface area contributed by atoms with Gasteiger partial charge in [0.15, 0.2) is 6.67 Å². The predicted octanol–water partition coefficient (Wildman–Crippen LogP) is 1.15. The average molecular weight is 265 g/mol. The van der Waals surface area contributed by atoms with Crippen molar-refractivity contribution in [3.63, 3.8) is 0 Å². The van der Waals surface area contributed by atoms with Crippen LogP contribution >= 0.6 is 0 Å². The first-order valence-electron chi connectivity index (χ1n) is 5.79. The third-order valence-corrected chi connectivity index (χ3v) is 2.10. The summed E-state index contributed by atoms with van der Waals surface area (Å²) in [6.45, 7) is -0.0893. The highest BCUT2D eigenvalue weighted by molar-refractivity contribution is 5.76. The highest BCUT2D eigenvalue weighted by Gasteiger charge is 1.98. The average Bonchev–Trinajstić information content (AvgIpc) is 2.44. The quantitative estimate of drug-likeness (QED) is 0.620. The van der Waals surface area contributed by atoms with E-state index >= 15 is 0 Å². The molecule has 0 unspecified atom stereocenters. The summed E-state index contributed by atoms with van der Waals surface area (Å²) in [6, 6.07) is 7.27. The number of alkyl halides is 1. The molecule has 1 aromatic rings. The Kier molecular flexibility index (Phi) is 7.06. The number of hydrogen-bond donors (Lipinski definition) is 1. The van der Waals surface area contributed by atoms with Crippen LogP contribution in [0.2, 0.25) is 0 Å². The summed E-state index contributed by atoms with van der Waals surface area (Å²) in [4.78, 5) is 10.7. The van der Waals surface area contributed by atoms with E-state index in [2.05, 4.69) is 17.2 Å². The molecule has 0 bridgehead atoms. The summed E-state index contributed by atoms with van der Waals surface area (Å²) in [5.74, 6) is 5.79. The van der Waals surface area contributed by atoms with Crippen LogP contribution in [0, 0.1) is 11.8 Å². The number of methoxy groups -OCH3 is 1. The zero-order valence-corrected chi connectivity index (χ0v) is 10.7. The van der Waals surface area contributed by atoms with E-state index < -0.39 is 12.6 Å². The lowest BCUT2D eigenvalue weighted by Gasteiger charge is -2.06. The second kappa shape index (κ2) is 8.95. The fourth-order valence-electron chi connectivity index (χ4n) is 1.28. The summed E-state index contributed by atoms with van der Waals surface area (Å²) >= 11 is 0. The third-order valence-electron chi connectivity index (χ3n) is 2.10. The second-order valence-electron chi connectivity index (χ2n) is 3.59. The minimum absolute atomic E-state index is 0.266. The van der Waals surface area contributed by atoms with Gasteiger partial charge in [-0.2, -0.15) is 0 Å². The van der Waals surface area contributed by atoms with Gasteiger partial charge in [0.05, 0.1) is 6.54 Å². The molecule has 0 saturated heterocycles. The van der Waals surface area contributed by atoms with Crippen molar-refractivity contribution in [2.24, 2.45) is 0 Å². The Morgan fingerprint density at radius 2 is 2.32 bits per heavy atom. The van der Waals surface area contributed by atoms with Gasteiger partial charge in [0, 0.05) is 12.7 Å². The van der Waals surface area contributed by atoms with Gasteiger partial charge in [-0.05, 0) is 18.2 Å². The maximum Gasteiger partial charge on any atom is 0.251 e. The first-order chi connectivity index (χ1) is 9.26. The number of nitrogens with one attached hydrogen (secondary N) is 1. The standard InChI is InChI=1S/C14H16FNO3/c1-18-8-3-5-12-4-2-6-13(10-12)19-9-7-16-14(17)11-15/h2,4,6,10H,7-9,11H2,1H3,(H,16,17). The minimum Gasteiger partial charge on any atom is -0.492 e. The van der Waals surface area contributed by atoms with Crippen LogP contribution in [0.25, 0.3) is 0 Å².